The van der Waals surface area contributed by atoms with Crippen molar-refractivity contribution >= 4 is 48.5 Å². The molecule has 7 nitrogen and oxygen atoms in total. The maximum absolute atomic E-state index is 14.1. The number of carbonyl (C=O) groups is 1. The van der Waals surface area contributed by atoms with Crippen molar-refractivity contribution in [3.8, 4) is 5.69 Å². The van der Waals surface area contributed by atoms with E-state index in [1.807, 2.05) is 6.07 Å². The SMILES string of the molecule is CNC(=O)c1c2cc(C3CC3)c(NS(C)(=O)=O)cc2nn1-c1ccc(Br)c(F)c1. The zero-order chi connectivity index (χ0) is 20.9. The van der Waals surface area contributed by atoms with Gasteiger partial charge in [-0.15, -0.1) is 0 Å². The van der Waals surface area contributed by atoms with Crippen molar-refractivity contribution in [1.82, 2.24) is 15.1 Å². The molecule has 152 valence electrons. The molecule has 0 unspecified atom stereocenters. The van der Waals surface area contributed by atoms with E-state index in [0.29, 0.717) is 26.8 Å². The first-order valence-electron chi connectivity index (χ1n) is 8.90. The standard InChI is InChI=1S/C19H18BrFN4O3S/c1-22-19(26)18-13-8-12(10-3-4-10)17(24-29(2,27)28)9-16(13)23-25(18)11-5-6-14(20)15(21)7-11/h5-10,24H,3-4H2,1-2H3,(H,22,26). The van der Waals surface area contributed by atoms with Crippen molar-refractivity contribution in [3.63, 3.8) is 0 Å². The number of sulfonamides is 1. The number of fused-ring (bicyclic) bond motifs is 1. The van der Waals surface area contributed by atoms with Gasteiger partial charge in [0.05, 0.1) is 27.6 Å². The fraction of sp³-hybridized carbons (Fsp3) is 0.263. The summed E-state index contributed by atoms with van der Waals surface area (Å²) in [5, 5.41) is 7.65. The number of nitrogens with one attached hydrogen (secondary N) is 2. The Morgan fingerprint density at radius 1 is 1.28 bits per heavy atom. The maximum atomic E-state index is 14.1. The molecule has 2 N–H and O–H groups in total. The molecule has 1 amide bonds. The Bertz CT molecular complexity index is 1250. The van der Waals surface area contributed by atoms with Gasteiger partial charge in [-0.2, -0.15) is 5.10 Å². The van der Waals surface area contributed by atoms with Crippen molar-refractivity contribution in [2.75, 3.05) is 18.0 Å². The van der Waals surface area contributed by atoms with E-state index in [-0.39, 0.29) is 17.5 Å². The van der Waals surface area contributed by atoms with Crippen LogP contribution >= 0.6 is 15.9 Å². The van der Waals surface area contributed by atoms with E-state index in [2.05, 4.69) is 31.1 Å². The first-order chi connectivity index (χ1) is 13.7. The number of nitrogens with zero attached hydrogens (tertiary/aromatic N) is 2. The number of carbonyl (C=O) groups excluding carboxylic acids is 1. The molecule has 0 atom stereocenters. The van der Waals surface area contributed by atoms with Gasteiger partial charge in [0.1, 0.15) is 11.5 Å². The third kappa shape index (κ3) is 3.86. The number of hydrogen-bond acceptors (Lipinski definition) is 4. The Morgan fingerprint density at radius 3 is 2.59 bits per heavy atom. The van der Waals surface area contributed by atoms with E-state index in [1.54, 1.807) is 12.1 Å². The van der Waals surface area contributed by atoms with Gasteiger partial charge in [-0.1, -0.05) is 0 Å². The average Bonchev–Trinajstić information content (AvgIpc) is 3.42. The van der Waals surface area contributed by atoms with E-state index in [4.69, 9.17) is 0 Å². The summed E-state index contributed by atoms with van der Waals surface area (Å²) >= 11 is 3.12. The van der Waals surface area contributed by atoms with Crippen LogP contribution in [0.1, 0.15) is 34.8 Å². The number of halogens is 2. The fourth-order valence-corrected chi connectivity index (χ4v) is 4.13. The molecule has 0 bridgehead atoms. The lowest BCUT2D eigenvalue weighted by atomic mass is 10.0. The molecule has 10 heteroatoms. The smallest absolute Gasteiger partial charge is 0.270 e. The fourth-order valence-electron chi connectivity index (χ4n) is 3.31. The predicted molar refractivity (Wildman–Crippen MR) is 113 cm³/mol. The van der Waals surface area contributed by atoms with Gasteiger partial charge in [-0.25, -0.2) is 17.5 Å². The van der Waals surface area contributed by atoms with Gasteiger partial charge in [0.15, 0.2) is 0 Å². The van der Waals surface area contributed by atoms with Crippen LogP contribution in [-0.2, 0) is 10.0 Å². The van der Waals surface area contributed by atoms with Crippen LogP contribution in [0, 0.1) is 5.82 Å². The third-order valence-corrected chi connectivity index (χ3v) is 5.98. The van der Waals surface area contributed by atoms with E-state index < -0.39 is 15.8 Å². The monoisotopic (exact) mass is 480 g/mol. The average molecular weight is 481 g/mol. The molecule has 0 saturated heterocycles. The summed E-state index contributed by atoms with van der Waals surface area (Å²) in [7, 11) is -1.97. The molecule has 1 aliphatic carbocycles. The molecule has 1 saturated carbocycles. The van der Waals surface area contributed by atoms with Crippen molar-refractivity contribution in [3.05, 3.63) is 51.9 Å². The molecule has 0 aliphatic heterocycles. The molecule has 1 aromatic heterocycles. The maximum Gasteiger partial charge on any atom is 0.270 e. The molecule has 1 fully saturated rings. The van der Waals surface area contributed by atoms with Gasteiger partial charge in [0.2, 0.25) is 10.0 Å². The van der Waals surface area contributed by atoms with Crippen LogP contribution in [0.15, 0.2) is 34.8 Å². The molecule has 29 heavy (non-hydrogen) atoms. The van der Waals surface area contributed by atoms with E-state index in [1.165, 1.54) is 23.9 Å². The van der Waals surface area contributed by atoms with Crippen molar-refractivity contribution in [2.24, 2.45) is 0 Å². The van der Waals surface area contributed by atoms with Crippen molar-refractivity contribution in [2.45, 2.75) is 18.8 Å². The third-order valence-electron chi connectivity index (χ3n) is 4.74. The van der Waals surface area contributed by atoms with E-state index in [0.717, 1.165) is 24.7 Å². The molecule has 1 aliphatic rings. The van der Waals surface area contributed by atoms with Gasteiger partial charge < -0.3 is 5.32 Å². The minimum Gasteiger partial charge on any atom is -0.354 e. The molecular weight excluding hydrogens is 463 g/mol. The van der Waals surface area contributed by atoms with Crippen LogP contribution in [0.25, 0.3) is 16.6 Å². The minimum atomic E-state index is -3.48. The van der Waals surface area contributed by atoms with Crippen molar-refractivity contribution in [1.29, 1.82) is 0 Å². The molecule has 0 spiro atoms. The Labute approximate surface area is 175 Å². The normalized spacial score (nSPS) is 14.2. The van der Waals surface area contributed by atoms with Gasteiger partial charge >= 0.3 is 0 Å². The van der Waals surface area contributed by atoms with Crippen LogP contribution < -0.4 is 10.0 Å². The van der Waals surface area contributed by atoms with Gasteiger partial charge in [-0.05, 0) is 64.5 Å². The quantitative estimate of drug-likeness (QED) is 0.583. The number of amides is 1. The highest BCUT2D eigenvalue weighted by atomic mass is 79.9. The lowest BCUT2D eigenvalue weighted by Gasteiger charge is -2.11. The lowest BCUT2D eigenvalue weighted by Crippen LogP contribution is -2.22. The number of anilines is 1. The largest absolute Gasteiger partial charge is 0.354 e. The Morgan fingerprint density at radius 2 is 2.00 bits per heavy atom. The van der Waals surface area contributed by atoms with E-state index in [9.17, 15) is 17.6 Å². The van der Waals surface area contributed by atoms with Crippen LogP contribution in [0.3, 0.4) is 0 Å². The molecule has 4 rings (SSSR count). The van der Waals surface area contributed by atoms with Crippen LogP contribution in [0.2, 0.25) is 0 Å². The second-order valence-electron chi connectivity index (χ2n) is 7.04. The summed E-state index contributed by atoms with van der Waals surface area (Å²) in [6.07, 6.45) is 2.99. The summed E-state index contributed by atoms with van der Waals surface area (Å²) in [5.74, 6) is -0.626. The highest BCUT2D eigenvalue weighted by molar-refractivity contribution is 9.10. The second kappa shape index (κ2) is 7.10. The van der Waals surface area contributed by atoms with Crippen LogP contribution in [0.5, 0.6) is 0 Å². The summed E-state index contributed by atoms with van der Waals surface area (Å²) in [4.78, 5) is 12.7. The number of hydrogen-bond donors (Lipinski definition) is 2. The predicted octanol–water partition coefficient (Wildman–Crippen LogP) is 3.54. The Balaban J connectivity index is 1.99. The molecule has 0 radical (unpaired) electrons. The van der Waals surface area contributed by atoms with Crippen LogP contribution in [-0.4, -0.2) is 37.4 Å². The summed E-state index contributed by atoms with van der Waals surface area (Å²) in [6, 6.07) is 7.89. The van der Waals surface area contributed by atoms with E-state index >= 15 is 0 Å². The topological polar surface area (TPSA) is 93.1 Å². The first-order valence-corrected chi connectivity index (χ1v) is 11.6. The van der Waals surface area contributed by atoms with Crippen LogP contribution in [0.4, 0.5) is 10.1 Å². The second-order valence-corrected chi connectivity index (χ2v) is 9.65. The molecular formula is C19H18BrFN4O3S. The molecule has 3 aromatic rings. The number of rotatable bonds is 5. The summed E-state index contributed by atoms with van der Waals surface area (Å²) in [6.45, 7) is 0. The highest BCUT2D eigenvalue weighted by Crippen LogP contribution is 2.45. The first kappa shape index (κ1) is 19.8. The zero-order valence-corrected chi connectivity index (χ0v) is 18.1. The zero-order valence-electron chi connectivity index (χ0n) is 15.7. The molecule has 1 heterocycles. The number of aromatic nitrogens is 2. The molecule has 2 aromatic carbocycles. The van der Waals surface area contributed by atoms with Gasteiger partial charge in [0.25, 0.3) is 5.91 Å². The highest BCUT2D eigenvalue weighted by Gasteiger charge is 2.29. The minimum absolute atomic E-state index is 0.231. The Hall–Kier alpha value is -2.46. The van der Waals surface area contributed by atoms with Gasteiger partial charge in [-0.3, -0.25) is 9.52 Å². The number of benzene rings is 2. The Kier molecular flexibility index (Phi) is 4.86. The summed E-state index contributed by atoms with van der Waals surface area (Å²) in [5.41, 5.74) is 2.36. The summed E-state index contributed by atoms with van der Waals surface area (Å²) < 4.78 is 41.9. The van der Waals surface area contributed by atoms with Gasteiger partial charge in [0, 0.05) is 18.5 Å². The van der Waals surface area contributed by atoms with Crippen molar-refractivity contribution < 1.29 is 17.6 Å². The lowest BCUT2D eigenvalue weighted by molar-refractivity contribution is 0.0957.